The average Bonchev–Trinajstić information content (AvgIpc) is 2.79. The minimum absolute atomic E-state index is 0.0861. The molecule has 0 saturated heterocycles. The molecule has 1 aromatic carbocycles. The Bertz CT molecular complexity index is 812. The minimum Gasteiger partial charge on any atom is -0.366 e. The van der Waals surface area contributed by atoms with Gasteiger partial charge in [0, 0.05) is 12.1 Å². The van der Waals surface area contributed by atoms with Crippen LogP contribution in [0.1, 0.15) is 27.3 Å². The lowest BCUT2D eigenvalue weighted by Gasteiger charge is -2.07. The number of aromatic nitrogens is 2. The van der Waals surface area contributed by atoms with Crippen LogP contribution in [0.5, 0.6) is 0 Å². The van der Waals surface area contributed by atoms with Gasteiger partial charge in [-0.25, -0.2) is 0 Å². The average molecular weight is 331 g/mol. The van der Waals surface area contributed by atoms with E-state index < -0.39 is 10.8 Å². The topological polar surface area (TPSA) is 133 Å². The molecule has 3 N–H and O–H groups in total. The summed E-state index contributed by atoms with van der Waals surface area (Å²) in [5.74, 6) is -0.891. The van der Waals surface area contributed by atoms with Crippen LogP contribution in [0.3, 0.4) is 0 Å². The van der Waals surface area contributed by atoms with E-state index in [0.29, 0.717) is 11.3 Å². The van der Waals surface area contributed by atoms with Gasteiger partial charge in [-0.1, -0.05) is 12.1 Å². The van der Waals surface area contributed by atoms with Crippen molar-refractivity contribution in [2.45, 2.75) is 26.9 Å². The summed E-state index contributed by atoms with van der Waals surface area (Å²) in [6.07, 6.45) is 0. The van der Waals surface area contributed by atoms with Gasteiger partial charge in [0.2, 0.25) is 11.8 Å². The lowest BCUT2D eigenvalue weighted by atomic mass is 10.1. The highest BCUT2D eigenvalue weighted by atomic mass is 16.6. The minimum atomic E-state index is -0.543. The number of nitro groups is 1. The number of carbonyl (C=O) groups excluding carboxylic acids is 2. The fourth-order valence-corrected chi connectivity index (χ4v) is 2.33. The molecular weight excluding hydrogens is 314 g/mol. The number of rotatable bonds is 6. The summed E-state index contributed by atoms with van der Waals surface area (Å²) in [5, 5.41) is 17.6. The van der Waals surface area contributed by atoms with E-state index in [0.717, 1.165) is 5.56 Å². The quantitative estimate of drug-likeness (QED) is 0.597. The van der Waals surface area contributed by atoms with Crippen molar-refractivity contribution in [2.24, 2.45) is 5.73 Å². The van der Waals surface area contributed by atoms with E-state index >= 15 is 0 Å². The summed E-state index contributed by atoms with van der Waals surface area (Å²) in [4.78, 5) is 33.6. The molecule has 0 aliphatic carbocycles. The second-order valence-corrected chi connectivity index (χ2v) is 5.28. The molecule has 24 heavy (non-hydrogen) atoms. The zero-order valence-corrected chi connectivity index (χ0v) is 13.3. The lowest BCUT2D eigenvalue weighted by Crippen LogP contribution is -2.28. The number of hydrogen-bond donors (Lipinski definition) is 2. The maximum absolute atomic E-state index is 12.0. The summed E-state index contributed by atoms with van der Waals surface area (Å²) in [6, 6.07) is 6.60. The number of nitrogens with zero attached hydrogens (tertiary/aromatic N) is 3. The van der Waals surface area contributed by atoms with Gasteiger partial charge in [-0.3, -0.25) is 24.4 Å². The summed E-state index contributed by atoms with van der Waals surface area (Å²) in [6.45, 7) is 3.15. The van der Waals surface area contributed by atoms with Crippen LogP contribution in [0.4, 0.5) is 5.69 Å². The van der Waals surface area contributed by atoms with Crippen LogP contribution in [0.2, 0.25) is 0 Å². The van der Waals surface area contributed by atoms with Gasteiger partial charge in [0.15, 0.2) is 0 Å². The van der Waals surface area contributed by atoms with Crippen LogP contribution in [0.15, 0.2) is 24.3 Å². The van der Waals surface area contributed by atoms with E-state index in [1.165, 1.54) is 11.6 Å². The molecule has 126 valence electrons. The first kappa shape index (κ1) is 17.1. The molecule has 0 saturated carbocycles. The van der Waals surface area contributed by atoms with E-state index in [9.17, 15) is 19.7 Å². The number of benzene rings is 1. The molecule has 0 radical (unpaired) electrons. The summed E-state index contributed by atoms with van der Waals surface area (Å²) >= 11 is 0. The van der Waals surface area contributed by atoms with Gasteiger partial charge in [-0.2, -0.15) is 5.10 Å². The normalized spacial score (nSPS) is 10.4. The molecule has 0 fully saturated rings. The fraction of sp³-hybridized carbons (Fsp3) is 0.267. The number of nitrogens with one attached hydrogen (secondary N) is 1. The molecule has 2 aromatic rings. The van der Waals surface area contributed by atoms with Crippen LogP contribution in [-0.4, -0.2) is 26.5 Å². The molecule has 1 aromatic heterocycles. The van der Waals surface area contributed by atoms with Crippen molar-refractivity contribution in [3.05, 3.63) is 56.9 Å². The molecule has 2 amide bonds. The number of aryl methyl sites for hydroxylation is 1. The maximum atomic E-state index is 12.0. The smallest absolute Gasteiger partial charge is 0.312 e. The van der Waals surface area contributed by atoms with Crippen molar-refractivity contribution in [2.75, 3.05) is 0 Å². The Labute approximate surface area is 137 Å². The Balaban J connectivity index is 2.02. The molecule has 0 unspecified atom stereocenters. The monoisotopic (exact) mass is 331 g/mol. The Morgan fingerprint density at radius 2 is 2.08 bits per heavy atom. The van der Waals surface area contributed by atoms with Crippen molar-refractivity contribution in [1.29, 1.82) is 0 Å². The van der Waals surface area contributed by atoms with E-state index in [2.05, 4.69) is 10.4 Å². The van der Waals surface area contributed by atoms with Crippen LogP contribution >= 0.6 is 0 Å². The number of carbonyl (C=O) groups is 2. The van der Waals surface area contributed by atoms with Gasteiger partial charge >= 0.3 is 5.69 Å². The first-order valence-electron chi connectivity index (χ1n) is 7.13. The van der Waals surface area contributed by atoms with Crippen molar-refractivity contribution in [3.63, 3.8) is 0 Å². The van der Waals surface area contributed by atoms with Gasteiger partial charge in [0.05, 0.1) is 4.92 Å². The predicted molar refractivity (Wildman–Crippen MR) is 85.2 cm³/mol. The molecule has 0 aliphatic heterocycles. The van der Waals surface area contributed by atoms with E-state index in [1.807, 2.05) is 0 Å². The highest BCUT2D eigenvalue weighted by molar-refractivity contribution is 5.92. The van der Waals surface area contributed by atoms with Gasteiger partial charge < -0.3 is 11.1 Å². The summed E-state index contributed by atoms with van der Waals surface area (Å²) in [5.41, 5.74) is 6.78. The largest absolute Gasteiger partial charge is 0.366 e. The second kappa shape index (κ2) is 6.90. The van der Waals surface area contributed by atoms with Gasteiger partial charge in [0.25, 0.3) is 0 Å². The van der Waals surface area contributed by atoms with Crippen molar-refractivity contribution in [3.8, 4) is 0 Å². The third-order valence-electron chi connectivity index (χ3n) is 3.52. The van der Waals surface area contributed by atoms with E-state index in [1.54, 1.807) is 31.2 Å². The highest BCUT2D eigenvalue weighted by Gasteiger charge is 2.22. The van der Waals surface area contributed by atoms with Crippen LogP contribution in [0, 0.1) is 24.0 Å². The Kier molecular flexibility index (Phi) is 4.93. The number of nitrogens with two attached hydrogens (primary N) is 1. The zero-order chi connectivity index (χ0) is 17.9. The second-order valence-electron chi connectivity index (χ2n) is 5.28. The van der Waals surface area contributed by atoms with E-state index in [-0.39, 0.29) is 30.4 Å². The fourth-order valence-electron chi connectivity index (χ4n) is 2.33. The van der Waals surface area contributed by atoms with E-state index in [4.69, 9.17) is 5.73 Å². The third-order valence-corrected chi connectivity index (χ3v) is 3.52. The molecule has 0 aliphatic rings. The molecule has 0 atom stereocenters. The molecular formula is C15H17N5O4. The predicted octanol–water partition coefficient (Wildman–Crippen LogP) is 0.823. The molecule has 0 spiro atoms. The Morgan fingerprint density at radius 1 is 1.38 bits per heavy atom. The molecule has 1 heterocycles. The SMILES string of the molecule is Cc1nn(CC(=O)NCc2cccc(C(N)=O)c2)c(C)c1[N+](=O)[O-]. The van der Waals surface area contributed by atoms with Crippen molar-refractivity contribution >= 4 is 17.5 Å². The number of hydrogen-bond acceptors (Lipinski definition) is 5. The first-order valence-corrected chi connectivity index (χ1v) is 7.13. The summed E-state index contributed by atoms with van der Waals surface area (Å²) < 4.78 is 1.29. The molecule has 2 rings (SSSR count). The number of amides is 2. The zero-order valence-electron chi connectivity index (χ0n) is 13.3. The van der Waals surface area contributed by atoms with Gasteiger partial charge in [-0.05, 0) is 31.5 Å². The Hall–Kier alpha value is -3.23. The maximum Gasteiger partial charge on any atom is 0.312 e. The van der Waals surface area contributed by atoms with Crippen LogP contribution in [-0.2, 0) is 17.9 Å². The van der Waals surface area contributed by atoms with Gasteiger partial charge in [0.1, 0.15) is 17.9 Å². The molecule has 9 nitrogen and oxygen atoms in total. The molecule has 0 bridgehead atoms. The lowest BCUT2D eigenvalue weighted by molar-refractivity contribution is -0.386. The van der Waals surface area contributed by atoms with Crippen molar-refractivity contribution < 1.29 is 14.5 Å². The van der Waals surface area contributed by atoms with Crippen LogP contribution in [0.25, 0.3) is 0 Å². The summed E-state index contributed by atoms with van der Waals surface area (Å²) in [7, 11) is 0. The Morgan fingerprint density at radius 3 is 2.67 bits per heavy atom. The highest BCUT2D eigenvalue weighted by Crippen LogP contribution is 2.21. The van der Waals surface area contributed by atoms with Crippen molar-refractivity contribution in [1.82, 2.24) is 15.1 Å². The standard InChI is InChI=1S/C15H17N5O4/c1-9-14(20(23)24)10(2)19(18-9)8-13(21)17-7-11-4-3-5-12(6-11)15(16)22/h3-6H,7-8H2,1-2H3,(H2,16,22)(H,17,21). The molecule has 9 heteroatoms. The van der Waals surface area contributed by atoms with Gasteiger partial charge in [-0.15, -0.1) is 0 Å². The number of primary amides is 1. The van der Waals surface area contributed by atoms with Crippen LogP contribution < -0.4 is 11.1 Å². The third kappa shape index (κ3) is 3.75. The first-order chi connectivity index (χ1) is 11.3.